The molecular weight excluding hydrogens is 303 g/mol. The molecule has 1 aliphatic rings. The van der Waals surface area contributed by atoms with Crippen LogP contribution in [0.2, 0.25) is 10.0 Å². The first-order chi connectivity index (χ1) is 7.94. The third kappa shape index (κ3) is 2.54. The Labute approximate surface area is 113 Å². The van der Waals surface area contributed by atoms with Crippen LogP contribution in [0.4, 0.5) is 5.69 Å². The molecule has 0 amide bonds. The van der Waals surface area contributed by atoms with E-state index in [1.807, 2.05) is 6.92 Å². The van der Waals surface area contributed by atoms with Crippen LogP contribution in [0.1, 0.15) is 6.92 Å². The van der Waals surface area contributed by atoms with E-state index < -0.39 is 10.0 Å². The van der Waals surface area contributed by atoms with Crippen LogP contribution in [0.15, 0.2) is 21.4 Å². The van der Waals surface area contributed by atoms with Crippen molar-refractivity contribution in [1.82, 2.24) is 0 Å². The second-order valence-corrected chi connectivity index (χ2v) is 6.83. The fourth-order valence-corrected chi connectivity index (χ4v) is 4.20. The van der Waals surface area contributed by atoms with Gasteiger partial charge >= 0.3 is 0 Å². The molecule has 0 saturated heterocycles. The molecule has 0 aromatic heterocycles. The molecule has 0 atom stereocenters. The molecule has 2 rings (SSSR count). The summed E-state index contributed by atoms with van der Waals surface area (Å²) in [5.41, 5.74) is 0.369. The van der Waals surface area contributed by atoms with Crippen LogP contribution in [0.3, 0.4) is 0 Å². The number of hydrogen-bond donors (Lipinski definition) is 1. The first kappa shape index (κ1) is 13.0. The zero-order valence-corrected chi connectivity index (χ0v) is 11.8. The first-order valence-corrected chi connectivity index (χ1v) is 7.86. The van der Waals surface area contributed by atoms with Crippen molar-refractivity contribution in [2.75, 3.05) is 11.1 Å². The lowest BCUT2D eigenvalue weighted by Gasteiger charge is -2.18. The lowest BCUT2D eigenvalue weighted by Crippen LogP contribution is -2.19. The predicted octanol–water partition coefficient (Wildman–Crippen LogP) is 3.22. The number of benzene rings is 1. The van der Waals surface area contributed by atoms with E-state index in [1.165, 1.54) is 23.9 Å². The van der Waals surface area contributed by atoms with Crippen LogP contribution >= 0.6 is 35.0 Å². The van der Waals surface area contributed by atoms with E-state index in [4.69, 9.17) is 23.2 Å². The maximum Gasteiger partial charge on any atom is 0.288 e. The molecule has 0 radical (unpaired) electrons. The van der Waals surface area contributed by atoms with E-state index in [9.17, 15) is 8.42 Å². The largest absolute Gasteiger partial charge is 0.333 e. The minimum absolute atomic E-state index is 0.0241. The molecule has 0 fully saturated rings. The third-order valence-corrected chi connectivity index (χ3v) is 4.87. The summed E-state index contributed by atoms with van der Waals surface area (Å²) in [5, 5.41) is 3.68. The number of hydrogen-bond acceptors (Lipinski definition) is 4. The fourth-order valence-electron chi connectivity index (χ4n) is 1.41. The van der Waals surface area contributed by atoms with Gasteiger partial charge in [0.1, 0.15) is 4.90 Å². The zero-order chi connectivity index (χ0) is 12.6. The molecule has 1 aromatic carbocycles. The van der Waals surface area contributed by atoms with Crippen LogP contribution < -0.4 is 5.32 Å². The van der Waals surface area contributed by atoms with Crippen molar-refractivity contribution in [2.45, 2.75) is 11.8 Å². The number of nitrogens with zero attached hydrogens (tertiary/aromatic N) is 1. The highest BCUT2D eigenvalue weighted by molar-refractivity contribution is 8.14. The Morgan fingerprint density at radius 3 is 2.76 bits per heavy atom. The van der Waals surface area contributed by atoms with Gasteiger partial charge in [-0.3, -0.25) is 0 Å². The molecule has 92 valence electrons. The minimum atomic E-state index is -3.75. The third-order valence-electron chi connectivity index (χ3n) is 1.99. The number of amidine groups is 1. The number of fused-ring (bicyclic) bond motifs is 1. The van der Waals surface area contributed by atoms with Crippen molar-refractivity contribution in [3.05, 3.63) is 22.2 Å². The average Bonchev–Trinajstić information content (AvgIpc) is 2.13. The Hall–Kier alpha value is -0.430. The standard InChI is InChI=1S/C9H8Cl2N2O2S2/c1-2-16-9-12-7-4-5(10)3-6(11)8(7)17(14,15)13-9/h3-4H,2H2,1H3,(H,12,13). The Morgan fingerprint density at radius 2 is 2.12 bits per heavy atom. The van der Waals surface area contributed by atoms with Crippen LogP contribution in [-0.2, 0) is 10.0 Å². The molecule has 4 nitrogen and oxygen atoms in total. The second-order valence-electron chi connectivity index (χ2n) is 3.19. The van der Waals surface area contributed by atoms with Crippen LogP contribution in [0.5, 0.6) is 0 Å². The van der Waals surface area contributed by atoms with E-state index in [2.05, 4.69) is 9.71 Å². The van der Waals surface area contributed by atoms with Gasteiger partial charge in [-0.2, -0.15) is 8.42 Å². The van der Waals surface area contributed by atoms with Crippen molar-refractivity contribution in [3.8, 4) is 0 Å². The van der Waals surface area contributed by atoms with E-state index in [0.717, 1.165) is 0 Å². The predicted molar refractivity (Wildman–Crippen MR) is 72.8 cm³/mol. The Kier molecular flexibility index (Phi) is 3.58. The molecule has 17 heavy (non-hydrogen) atoms. The van der Waals surface area contributed by atoms with Gasteiger partial charge in [0.05, 0.1) is 10.7 Å². The van der Waals surface area contributed by atoms with Crippen LogP contribution in [0, 0.1) is 0 Å². The summed E-state index contributed by atoms with van der Waals surface area (Å²) in [6.45, 7) is 1.90. The van der Waals surface area contributed by atoms with Gasteiger partial charge in [0, 0.05) is 5.02 Å². The zero-order valence-electron chi connectivity index (χ0n) is 8.70. The molecular formula is C9H8Cl2N2O2S2. The van der Waals surface area contributed by atoms with Crippen LogP contribution in [-0.4, -0.2) is 19.3 Å². The van der Waals surface area contributed by atoms with Gasteiger partial charge < -0.3 is 5.32 Å². The number of sulfonamides is 1. The van der Waals surface area contributed by atoms with Gasteiger partial charge in [0.2, 0.25) is 0 Å². The lowest BCUT2D eigenvalue weighted by molar-refractivity contribution is 0.598. The summed E-state index contributed by atoms with van der Waals surface area (Å²) < 4.78 is 27.5. The van der Waals surface area contributed by atoms with Gasteiger partial charge in [0.15, 0.2) is 5.17 Å². The fraction of sp³-hybridized carbons (Fsp3) is 0.222. The molecule has 8 heteroatoms. The van der Waals surface area contributed by atoms with E-state index >= 15 is 0 Å². The Balaban J connectivity index is 2.61. The summed E-state index contributed by atoms with van der Waals surface area (Å²) in [6, 6.07) is 2.90. The molecule has 1 heterocycles. The van der Waals surface area contributed by atoms with Gasteiger partial charge in [-0.15, -0.1) is 4.40 Å². The molecule has 0 spiro atoms. The van der Waals surface area contributed by atoms with Crippen molar-refractivity contribution in [2.24, 2.45) is 4.40 Å². The SMILES string of the molecule is CCSC1=NS(=O)(=O)c2c(Cl)cc(Cl)cc2N1. The van der Waals surface area contributed by atoms with Gasteiger partial charge in [-0.05, 0) is 17.9 Å². The second kappa shape index (κ2) is 4.68. The molecule has 0 saturated carbocycles. The maximum atomic E-state index is 11.9. The van der Waals surface area contributed by atoms with Crippen molar-refractivity contribution < 1.29 is 8.42 Å². The quantitative estimate of drug-likeness (QED) is 0.865. The van der Waals surface area contributed by atoms with E-state index in [-0.39, 0.29) is 9.92 Å². The number of nitrogens with one attached hydrogen (secondary N) is 1. The highest BCUT2D eigenvalue weighted by Crippen LogP contribution is 2.37. The van der Waals surface area contributed by atoms with Gasteiger partial charge in [-0.25, -0.2) is 0 Å². The Morgan fingerprint density at radius 1 is 1.41 bits per heavy atom. The topological polar surface area (TPSA) is 58.5 Å². The summed E-state index contributed by atoms with van der Waals surface area (Å²) in [6.07, 6.45) is 0. The number of thioether (sulfide) groups is 1. The Bertz CT molecular complexity index is 599. The highest BCUT2D eigenvalue weighted by atomic mass is 35.5. The molecule has 0 aliphatic carbocycles. The lowest BCUT2D eigenvalue weighted by atomic mass is 10.3. The minimum Gasteiger partial charge on any atom is -0.333 e. The van der Waals surface area contributed by atoms with Crippen molar-refractivity contribution >= 4 is 55.8 Å². The van der Waals surface area contributed by atoms with E-state index in [1.54, 1.807) is 0 Å². The number of rotatable bonds is 1. The van der Waals surface area contributed by atoms with Gasteiger partial charge in [-0.1, -0.05) is 41.9 Å². The number of halogens is 2. The number of anilines is 1. The molecule has 1 aromatic rings. The highest BCUT2D eigenvalue weighted by Gasteiger charge is 2.28. The molecule has 1 N–H and O–H groups in total. The van der Waals surface area contributed by atoms with E-state index in [0.29, 0.717) is 21.6 Å². The summed E-state index contributed by atoms with van der Waals surface area (Å²) >= 11 is 13.0. The summed E-state index contributed by atoms with van der Waals surface area (Å²) in [4.78, 5) is -0.0241. The smallest absolute Gasteiger partial charge is 0.288 e. The normalized spacial score (nSPS) is 17.0. The average molecular weight is 311 g/mol. The molecule has 1 aliphatic heterocycles. The van der Waals surface area contributed by atoms with Crippen molar-refractivity contribution in [1.29, 1.82) is 0 Å². The van der Waals surface area contributed by atoms with Gasteiger partial charge in [0.25, 0.3) is 10.0 Å². The maximum absolute atomic E-state index is 11.9. The summed E-state index contributed by atoms with van der Waals surface area (Å²) in [7, 11) is -3.75. The summed E-state index contributed by atoms with van der Waals surface area (Å²) in [5.74, 6) is 0.713. The van der Waals surface area contributed by atoms with Crippen molar-refractivity contribution in [3.63, 3.8) is 0 Å². The molecule has 0 bridgehead atoms. The first-order valence-electron chi connectivity index (χ1n) is 4.68. The monoisotopic (exact) mass is 310 g/mol. The van der Waals surface area contributed by atoms with Crippen LogP contribution in [0.25, 0.3) is 0 Å². The molecule has 0 unspecified atom stereocenters.